The molecule has 0 aliphatic carbocycles. The number of aromatic amines is 1. The second-order valence-corrected chi connectivity index (χ2v) is 9.14. The molecule has 4 aromatic rings. The van der Waals surface area contributed by atoms with Crippen molar-refractivity contribution in [1.29, 1.82) is 0 Å². The Kier molecular flexibility index (Phi) is 5.19. The molecule has 0 spiro atoms. The zero-order valence-electron chi connectivity index (χ0n) is 15.2. The summed E-state index contributed by atoms with van der Waals surface area (Å²) >= 11 is 1.48. The van der Waals surface area contributed by atoms with E-state index in [-0.39, 0.29) is 10.6 Å². The summed E-state index contributed by atoms with van der Waals surface area (Å²) in [5, 5.41) is 9.02. The maximum Gasteiger partial charge on any atom is 0.191 e. The maximum absolute atomic E-state index is 12.7. The molecule has 0 saturated heterocycles. The molecule has 4 rings (SSSR count). The summed E-state index contributed by atoms with van der Waals surface area (Å²) in [5.74, 6) is 1.70. The summed E-state index contributed by atoms with van der Waals surface area (Å²) in [6, 6.07) is 16.3. The molecule has 0 aliphatic rings. The molecule has 2 heterocycles. The second kappa shape index (κ2) is 7.76. The third-order valence-electron chi connectivity index (χ3n) is 4.31. The van der Waals surface area contributed by atoms with Crippen LogP contribution in [-0.4, -0.2) is 33.2 Å². The van der Waals surface area contributed by atoms with Crippen molar-refractivity contribution in [3.05, 3.63) is 66.2 Å². The molecule has 28 heavy (non-hydrogen) atoms. The summed E-state index contributed by atoms with van der Waals surface area (Å²) < 4.78 is 27.2. The number of thioether (sulfide) groups is 1. The fourth-order valence-electron chi connectivity index (χ4n) is 2.94. The number of H-pyrrole nitrogens is 1. The van der Waals surface area contributed by atoms with E-state index in [0.717, 1.165) is 16.9 Å². The lowest BCUT2D eigenvalue weighted by atomic mass is 10.3. The smallest absolute Gasteiger partial charge is 0.191 e. The Balaban J connectivity index is 1.52. The third kappa shape index (κ3) is 3.81. The molecular weight excluding hydrogens is 394 g/mol. The van der Waals surface area contributed by atoms with Gasteiger partial charge in [-0.3, -0.25) is 0 Å². The van der Waals surface area contributed by atoms with Gasteiger partial charge in [0, 0.05) is 6.54 Å². The molecule has 0 atom stereocenters. The van der Waals surface area contributed by atoms with Crippen molar-refractivity contribution in [2.75, 3.05) is 0 Å². The Morgan fingerprint density at radius 1 is 1.04 bits per heavy atom. The van der Waals surface area contributed by atoms with Gasteiger partial charge >= 0.3 is 0 Å². The largest absolute Gasteiger partial charge is 0.341 e. The number of hydrogen-bond donors (Lipinski definition) is 1. The average Bonchev–Trinajstić information content (AvgIpc) is 3.29. The minimum absolute atomic E-state index is 0.178. The van der Waals surface area contributed by atoms with E-state index in [0.29, 0.717) is 23.3 Å². The molecule has 144 valence electrons. The molecule has 1 N–H and O–H groups in total. The molecule has 0 fully saturated rings. The topological polar surface area (TPSA) is 93.5 Å². The van der Waals surface area contributed by atoms with Crippen molar-refractivity contribution in [2.45, 2.75) is 35.0 Å². The number of nitrogens with one attached hydrogen (secondary N) is 1. The number of para-hydroxylation sites is 2. The number of rotatable bonds is 7. The molecule has 0 radical (unpaired) electrons. The van der Waals surface area contributed by atoms with Crippen LogP contribution in [0.5, 0.6) is 0 Å². The number of benzene rings is 2. The van der Waals surface area contributed by atoms with Gasteiger partial charge in [-0.05, 0) is 31.2 Å². The van der Waals surface area contributed by atoms with Crippen LogP contribution < -0.4 is 0 Å². The highest BCUT2D eigenvalue weighted by atomic mass is 32.2. The quantitative estimate of drug-likeness (QED) is 0.467. The van der Waals surface area contributed by atoms with Gasteiger partial charge in [-0.2, -0.15) is 0 Å². The zero-order chi connectivity index (χ0) is 19.6. The van der Waals surface area contributed by atoms with Crippen LogP contribution in [0.4, 0.5) is 0 Å². The molecule has 0 saturated carbocycles. The molecule has 9 heteroatoms. The van der Waals surface area contributed by atoms with Crippen LogP contribution in [-0.2, 0) is 27.9 Å². The summed E-state index contributed by atoms with van der Waals surface area (Å²) in [6.07, 6.45) is 0. The number of aromatic nitrogens is 5. The second-order valence-electron chi connectivity index (χ2n) is 6.20. The highest BCUT2D eigenvalue weighted by Gasteiger charge is 2.21. The number of imidazole rings is 1. The average molecular weight is 414 g/mol. The van der Waals surface area contributed by atoms with E-state index in [1.807, 2.05) is 35.8 Å². The van der Waals surface area contributed by atoms with Gasteiger partial charge in [-0.15, -0.1) is 10.2 Å². The molecule has 0 unspecified atom stereocenters. The molecular formula is C19H19N5O2S2. The Hall–Kier alpha value is -2.65. The Labute approximate surface area is 167 Å². The van der Waals surface area contributed by atoms with Crippen molar-refractivity contribution < 1.29 is 8.42 Å². The van der Waals surface area contributed by atoms with Crippen LogP contribution in [0.15, 0.2) is 64.6 Å². The number of nitrogens with zero attached hydrogens (tertiary/aromatic N) is 4. The first-order chi connectivity index (χ1) is 13.6. The van der Waals surface area contributed by atoms with E-state index < -0.39 is 9.84 Å². The molecule has 2 aromatic heterocycles. The molecule has 7 nitrogen and oxygen atoms in total. The van der Waals surface area contributed by atoms with Crippen LogP contribution in [0.3, 0.4) is 0 Å². The standard InChI is InChI=1S/C19H19N5O2S2/c1-2-24-18(13-28(25,26)14-8-4-3-5-9-14)22-23-19(24)27-12-17-20-15-10-6-7-11-16(15)21-17/h3-11H,2,12-13H2,1H3,(H,20,21). The van der Waals surface area contributed by atoms with E-state index in [1.54, 1.807) is 30.3 Å². The van der Waals surface area contributed by atoms with E-state index in [4.69, 9.17) is 0 Å². The first kappa shape index (κ1) is 18.7. The SMILES string of the molecule is CCn1c(CS(=O)(=O)c2ccccc2)nnc1SCc1nc2ccccc2[nH]1. The maximum atomic E-state index is 12.7. The van der Waals surface area contributed by atoms with Gasteiger partial charge in [-0.25, -0.2) is 13.4 Å². The molecule has 0 amide bonds. The predicted octanol–water partition coefficient (Wildman–Crippen LogP) is 3.44. The molecule has 2 aromatic carbocycles. The Morgan fingerprint density at radius 3 is 2.54 bits per heavy atom. The Morgan fingerprint density at radius 2 is 1.79 bits per heavy atom. The first-order valence-corrected chi connectivity index (χ1v) is 11.5. The van der Waals surface area contributed by atoms with Crippen LogP contribution in [0, 0.1) is 0 Å². The summed E-state index contributed by atoms with van der Waals surface area (Å²) in [5.41, 5.74) is 1.91. The highest BCUT2D eigenvalue weighted by molar-refractivity contribution is 7.98. The lowest BCUT2D eigenvalue weighted by Gasteiger charge is -2.07. The van der Waals surface area contributed by atoms with Crippen LogP contribution in [0.25, 0.3) is 11.0 Å². The monoisotopic (exact) mass is 413 g/mol. The van der Waals surface area contributed by atoms with Crippen LogP contribution in [0.1, 0.15) is 18.6 Å². The van der Waals surface area contributed by atoms with E-state index in [2.05, 4.69) is 20.2 Å². The van der Waals surface area contributed by atoms with Gasteiger partial charge in [0.25, 0.3) is 0 Å². The third-order valence-corrected chi connectivity index (χ3v) is 6.91. The van der Waals surface area contributed by atoms with Gasteiger partial charge in [0.05, 0.1) is 21.7 Å². The van der Waals surface area contributed by atoms with E-state index >= 15 is 0 Å². The van der Waals surface area contributed by atoms with E-state index in [9.17, 15) is 8.42 Å². The fourth-order valence-corrected chi connectivity index (χ4v) is 5.12. The molecule has 0 bridgehead atoms. The molecule has 0 aliphatic heterocycles. The minimum Gasteiger partial charge on any atom is -0.341 e. The van der Waals surface area contributed by atoms with Crippen molar-refractivity contribution in [3.63, 3.8) is 0 Å². The minimum atomic E-state index is -3.47. The van der Waals surface area contributed by atoms with Gasteiger partial charge in [0.2, 0.25) is 0 Å². The van der Waals surface area contributed by atoms with Crippen molar-refractivity contribution in [1.82, 2.24) is 24.7 Å². The summed E-state index contributed by atoms with van der Waals surface area (Å²) in [4.78, 5) is 8.13. The van der Waals surface area contributed by atoms with Gasteiger partial charge in [-0.1, -0.05) is 42.1 Å². The van der Waals surface area contributed by atoms with Crippen LogP contribution in [0.2, 0.25) is 0 Å². The number of sulfone groups is 1. The predicted molar refractivity (Wildman–Crippen MR) is 109 cm³/mol. The fraction of sp³-hybridized carbons (Fsp3) is 0.211. The zero-order valence-corrected chi connectivity index (χ0v) is 16.9. The van der Waals surface area contributed by atoms with Crippen molar-refractivity contribution in [2.24, 2.45) is 0 Å². The van der Waals surface area contributed by atoms with Gasteiger partial charge in [0.1, 0.15) is 17.4 Å². The number of fused-ring (bicyclic) bond motifs is 1. The van der Waals surface area contributed by atoms with Crippen LogP contribution >= 0.6 is 11.8 Å². The van der Waals surface area contributed by atoms with Crippen molar-refractivity contribution in [3.8, 4) is 0 Å². The summed E-state index contributed by atoms with van der Waals surface area (Å²) in [7, 11) is -3.47. The van der Waals surface area contributed by atoms with Gasteiger partial charge in [0.15, 0.2) is 15.0 Å². The van der Waals surface area contributed by atoms with E-state index in [1.165, 1.54) is 11.8 Å². The lowest BCUT2D eigenvalue weighted by Crippen LogP contribution is -2.11. The Bertz CT molecular complexity index is 1170. The summed E-state index contributed by atoms with van der Waals surface area (Å²) in [6.45, 7) is 2.54. The van der Waals surface area contributed by atoms with Crippen molar-refractivity contribution >= 4 is 32.6 Å². The highest BCUT2D eigenvalue weighted by Crippen LogP contribution is 2.24. The lowest BCUT2D eigenvalue weighted by molar-refractivity contribution is 0.588. The first-order valence-electron chi connectivity index (χ1n) is 8.83. The van der Waals surface area contributed by atoms with Gasteiger partial charge < -0.3 is 9.55 Å². The number of hydrogen-bond acceptors (Lipinski definition) is 6. The normalized spacial score (nSPS) is 11.9.